The molecule has 0 amide bonds. The number of fused-ring (bicyclic) bond motifs is 1. The molecule has 4 aromatic carbocycles. The molecule has 0 aliphatic carbocycles. The topological polar surface area (TPSA) is 161 Å². The van der Waals surface area contributed by atoms with Crippen LogP contribution in [0, 0.1) is 38.5 Å². The van der Waals surface area contributed by atoms with E-state index in [2.05, 4.69) is 158 Å². The van der Waals surface area contributed by atoms with E-state index in [1.165, 1.54) is 16.0 Å². The Hall–Kier alpha value is -5.15. The van der Waals surface area contributed by atoms with Crippen molar-refractivity contribution in [3.05, 3.63) is 200 Å². The Morgan fingerprint density at radius 2 is 1.31 bits per heavy atom. The normalized spacial score (nSPS) is 12.0. The molecule has 0 saturated carbocycles. The number of imidazole rings is 3. The molecule has 11 rings (SSSR count). The van der Waals surface area contributed by atoms with Crippen LogP contribution < -0.4 is 19.7 Å². The molecule has 7 heterocycles. The summed E-state index contributed by atoms with van der Waals surface area (Å²) in [7, 11) is 0. The smallest absolute Gasteiger partial charge is 0.237 e. The van der Waals surface area contributed by atoms with Gasteiger partial charge in [0.25, 0.3) is 0 Å². The summed E-state index contributed by atoms with van der Waals surface area (Å²) in [5.41, 5.74) is 12.3. The first-order chi connectivity index (χ1) is 40.3. The van der Waals surface area contributed by atoms with Crippen molar-refractivity contribution in [1.82, 2.24) is 49.4 Å². The Labute approximate surface area is 586 Å². The molecule has 0 aliphatic heterocycles. The number of aryl methyl sites for hydroxylation is 4. The second kappa shape index (κ2) is 35.4. The molecule has 0 spiro atoms. The van der Waals surface area contributed by atoms with Gasteiger partial charge in [-0.15, -0.1) is 39.6 Å². The maximum atomic E-state index is 5.72. The predicted molar refractivity (Wildman–Crippen MR) is 345 cm³/mol. The summed E-state index contributed by atoms with van der Waals surface area (Å²) in [6.45, 7) is 32.1. The van der Waals surface area contributed by atoms with Crippen LogP contribution in [0.25, 0.3) is 44.4 Å². The van der Waals surface area contributed by atoms with Crippen molar-refractivity contribution in [3.63, 3.8) is 0 Å². The number of oxazole rings is 1. The zero-order valence-corrected chi connectivity index (χ0v) is 62.8. The summed E-state index contributed by atoms with van der Waals surface area (Å²) in [6, 6.07) is 35.1. The van der Waals surface area contributed by atoms with Crippen molar-refractivity contribution in [2.45, 2.75) is 146 Å². The summed E-state index contributed by atoms with van der Waals surface area (Å²) in [5, 5.41) is 12.6. The van der Waals surface area contributed by atoms with Gasteiger partial charge in [-0.25, -0.2) is 15.0 Å². The minimum Gasteiger partial charge on any atom is -0.663 e. The van der Waals surface area contributed by atoms with E-state index in [9.17, 15) is 0 Å². The molecule has 7 aromatic heterocycles. The first kappa shape index (κ1) is 75.3. The standard InChI is InChI=1S/C20H21N2S.C18H21N4O.C16H17N2S.C15H22N3O.Pd.3Pt/c1-14(2)15(3)20-22-19(13-23-20)17-11-7-8-12-18(17)21-16-9-5-4-6-10-16;1-12(2)13(3)16-10-19-18(21-16)23-17-11-22(14(4)20-17)15-8-6-5-7-9-15;1-4-10(2)14-8-17-16-12(14)6-5-7-13(16)15-9-19-11(3)18-15;1-10(2)6-7-12-8-16-14(18-12)15(4,5)13-9-19-11(3)17-13;;;;/h4-15H,1-3H3;5-13H,1-4H3;5-10H,4H2,1-3H3;8-10H,6-7H2,1-5H3;;;;/q4*-1;;;;. The monoisotopic (exact) mass is 1850 g/mol. The predicted octanol–water partition coefficient (Wildman–Crippen LogP) is 19.0. The van der Waals surface area contributed by atoms with Crippen LogP contribution in [0.1, 0.15) is 164 Å². The summed E-state index contributed by atoms with van der Waals surface area (Å²) >= 11 is 3.43. The Balaban J connectivity index is 0.000000248. The van der Waals surface area contributed by atoms with E-state index in [4.69, 9.17) is 19.5 Å². The molecule has 0 aliphatic rings. The van der Waals surface area contributed by atoms with Gasteiger partial charge in [-0.2, -0.15) is 11.2 Å². The zero-order valence-electron chi connectivity index (χ0n) is 52.8. The van der Waals surface area contributed by atoms with E-state index in [1.54, 1.807) is 35.1 Å². The van der Waals surface area contributed by atoms with Crippen molar-refractivity contribution in [3.8, 4) is 40.1 Å². The molecule has 3 unspecified atom stereocenters. The van der Waals surface area contributed by atoms with Gasteiger partial charge in [0.1, 0.15) is 18.1 Å². The van der Waals surface area contributed by atoms with Gasteiger partial charge in [0.2, 0.25) is 5.88 Å². The molecule has 0 saturated heterocycles. The van der Waals surface area contributed by atoms with Crippen LogP contribution in [0.3, 0.4) is 0 Å². The molecule has 0 bridgehead atoms. The summed E-state index contributed by atoms with van der Waals surface area (Å²) in [4.78, 5) is 40.7. The number of benzene rings is 4. The summed E-state index contributed by atoms with van der Waals surface area (Å²) in [5.74, 6) is 6.03. The van der Waals surface area contributed by atoms with Gasteiger partial charge in [-0.05, 0) is 91.3 Å². The van der Waals surface area contributed by atoms with E-state index in [-0.39, 0.29) is 89.0 Å². The summed E-state index contributed by atoms with van der Waals surface area (Å²) < 4.78 is 13.0. The van der Waals surface area contributed by atoms with E-state index in [0.717, 1.165) is 98.1 Å². The second-order valence-electron chi connectivity index (χ2n) is 23.1. The Morgan fingerprint density at radius 1 is 0.659 bits per heavy atom. The average molecular weight is 1850 g/mol. The molecule has 19 heteroatoms. The van der Waals surface area contributed by atoms with Crippen molar-refractivity contribution in [1.29, 1.82) is 0 Å². The fourth-order valence-electron chi connectivity index (χ4n) is 9.05. The van der Waals surface area contributed by atoms with E-state index in [1.807, 2.05) is 123 Å². The fourth-order valence-corrected chi connectivity index (χ4v) is 10.7. The first-order valence-electron chi connectivity index (χ1n) is 29.3. The van der Waals surface area contributed by atoms with Crippen LogP contribution in [0.4, 0.5) is 11.4 Å². The molecule has 0 fully saturated rings. The number of ether oxygens (including phenoxy) is 1. The fraction of sp³-hybridized carbons (Fsp3) is 0.362. The van der Waals surface area contributed by atoms with Crippen molar-refractivity contribution in [2.24, 2.45) is 17.8 Å². The van der Waals surface area contributed by atoms with Gasteiger partial charge < -0.3 is 39.4 Å². The van der Waals surface area contributed by atoms with Crippen LogP contribution in [0.15, 0.2) is 149 Å². The Morgan fingerprint density at radius 3 is 1.94 bits per heavy atom. The number of thiazole rings is 2. The molecule has 88 heavy (non-hydrogen) atoms. The van der Waals surface area contributed by atoms with Crippen molar-refractivity contribution >= 4 is 45.0 Å². The number of aromatic nitrogens is 10. The van der Waals surface area contributed by atoms with Crippen molar-refractivity contribution in [2.75, 3.05) is 0 Å². The molecule has 3 atom stereocenters. The molecule has 11 aromatic rings. The Kier molecular flexibility index (Phi) is 30.3. The van der Waals surface area contributed by atoms with Gasteiger partial charge in [-0.3, -0.25) is 4.57 Å². The maximum absolute atomic E-state index is 5.72. The number of hydrogen-bond acceptors (Lipinski definition) is 10. The second-order valence-corrected chi connectivity index (χ2v) is 25.0. The van der Waals surface area contributed by atoms with Crippen LogP contribution in [-0.4, -0.2) is 34.5 Å². The number of hydrogen-bond donors (Lipinski definition) is 0. The Bertz CT molecular complexity index is 3790. The SMILES string of the molecule is CC(C)C(C)c1nc(-c2ccccc2[N-]c2ccccc2)cs1.CCC(C)c1c[n-]c2c(-c3csc(C)n3)cccc12.Cc1nc(C(C)(C)c2nc(CCC(C)C)c[n-]2)co1.Cc1nc(Oc2nc(C(C)C(C)C)c[n-]2)cn1-c1ccccc1.[Pd].[Pt].[Pt].[Pt]. The minimum atomic E-state index is -0.312. The van der Waals surface area contributed by atoms with Crippen LogP contribution >= 0.6 is 22.7 Å². The van der Waals surface area contributed by atoms with E-state index < -0.39 is 0 Å². The van der Waals surface area contributed by atoms with Crippen LogP contribution in [0.2, 0.25) is 0 Å². The van der Waals surface area contributed by atoms with Gasteiger partial charge in [0, 0.05) is 118 Å². The quantitative estimate of drug-likeness (QED) is 0.0752. The van der Waals surface area contributed by atoms with Gasteiger partial charge in [-0.1, -0.05) is 209 Å². The van der Waals surface area contributed by atoms with Gasteiger partial charge in [0.05, 0.1) is 33.3 Å². The zero-order chi connectivity index (χ0) is 60.1. The van der Waals surface area contributed by atoms with Gasteiger partial charge >= 0.3 is 0 Å². The molecular formula is C69H81N11O2PdPt3S2-4. The molecule has 480 valence electrons. The molecule has 13 nitrogen and oxygen atoms in total. The minimum absolute atomic E-state index is 0. The van der Waals surface area contributed by atoms with Crippen molar-refractivity contribution < 1.29 is 92.8 Å². The molecular weight excluding hydrogens is 1770 g/mol. The molecule has 0 N–H and O–H groups in total. The van der Waals surface area contributed by atoms with E-state index >= 15 is 0 Å². The number of rotatable bonds is 18. The van der Waals surface area contributed by atoms with Gasteiger partial charge in [0.15, 0.2) is 5.89 Å². The van der Waals surface area contributed by atoms with Crippen LogP contribution in [0.5, 0.6) is 11.9 Å². The largest absolute Gasteiger partial charge is 0.663 e. The average Bonchev–Trinajstić information content (AvgIpc) is 4.24. The first-order valence-corrected chi connectivity index (χ1v) is 31.0. The van der Waals surface area contributed by atoms with Crippen LogP contribution in [-0.2, 0) is 95.5 Å². The molecule has 0 radical (unpaired) electrons. The summed E-state index contributed by atoms with van der Waals surface area (Å²) in [6.07, 6.45) is 12.5. The third-order valence-corrected chi connectivity index (χ3v) is 17.1. The maximum Gasteiger partial charge on any atom is 0.237 e. The number of nitrogens with zero attached hydrogens (tertiary/aromatic N) is 11. The third kappa shape index (κ3) is 19.9. The third-order valence-electron chi connectivity index (χ3n) is 15.3. The number of para-hydroxylation sites is 4. The van der Waals surface area contributed by atoms with E-state index in [0.29, 0.717) is 53.3 Å².